The Morgan fingerprint density at radius 3 is 2.40 bits per heavy atom. The van der Waals surface area contributed by atoms with Gasteiger partial charge in [-0.15, -0.1) is 0 Å². The fourth-order valence-electron chi connectivity index (χ4n) is 2.06. The molecule has 1 amide bonds. The van der Waals surface area contributed by atoms with Crippen molar-refractivity contribution in [2.24, 2.45) is 0 Å². The average Bonchev–Trinajstić information content (AvgIpc) is 2.65. The summed E-state index contributed by atoms with van der Waals surface area (Å²) in [5.41, 5.74) is 0.761. The number of hydrogen-bond acceptors (Lipinski definition) is 6. The number of nitro groups is 1. The van der Waals surface area contributed by atoms with Gasteiger partial charge in [0.25, 0.3) is 11.6 Å². The third-order valence-electron chi connectivity index (χ3n) is 3.35. The second kappa shape index (κ2) is 7.70. The zero-order valence-electron chi connectivity index (χ0n) is 13.2. The van der Waals surface area contributed by atoms with E-state index in [0.29, 0.717) is 5.56 Å². The van der Waals surface area contributed by atoms with Crippen LogP contribution in [0.25, 0.3) is 0 Å². The SMILES string of the molecule is COC(=O)c1cc(C(=O)NCc2ccc(C#N)cc2)cc([N+](=O)[O-])c1. The maximum Gasteiger partial charge on any atom is 0.338 e. The molecule has 0 heterocycles. The normalized spacial score (nSPS) is 9.76. The summed E-state index contributed by atoms with van der Waals surface area (Å²) in [5.74, 6) is -1.34. The molecule has 2 aromatic rings. The molecule has 0 aliphatic rings. The Bertz CT molecular complexity index is 869. The smallest absolute Gasteiger partial charge is 0.338 e. The molecule has 0 spiro atoms. The van der Waals surface area contributed by atoms with Crippen molar-refractivity contribution in [2.45, 2.75) is 6.54 Å². The van der Waals surface area contributed by atoms with Gasteiger partial charge in [0.05, 0.1) is 29.2 Å². The number of hydrogen-bond donors (Lipinski definition) is 1. The van der Waals surface area contributed by atoms with Crippen molar-refractivity contribution in [3.05, 3.63) is 74.8 Å². The van der Waals surface area contributed by atoms with Gasteiger partial charge < -0.3 is 10.1 Å². The van der Waals surface area contributed by atoms with Crippen LogP contribution in [0, 0.1) is 21.4 Å². The molecule has 126 valence electrons. The van der Waals surface area contributed by atoms with E-state index in [4.69, 9.17) is 5.26 Å². The molecule has 0 saturated heterocycles. The van der Waals surface area contributed by atoms with E-state index >= 15 is 0 Å². The van der Waals surface area contributed by atoms with E-state index in [9.17, 15) is 19.7 Å². The number of nitro benzene ring substituents is 1. The molecule has 8 heteroatoms. The number of non-ortho nitro benzene ring substituents is 1. The van der Waals surface area contributed by atoms with Crippen LogP contribution >= 0.6 is 0 Å². The summed E-state index contributed by atoms with van der Waals surface area (Å²) in [6.45, 7) is 0.167. The lowest BCUT2D eigenvalue weighted by Gasteiger charge is -2.07. The standard InChI is InChI=1S/C17H13N3O5/c1-25-17(22)14-6-13(7-15(8-14)20(23)24)16(21)19-10-12-4-2-11(9-18)3-5-12/h2-8H,10H2,1H3,(H,19,21). The van der Waals surface area contributed by atoms with Gasteiger partial charge in [-0.3, -0.25) is 14.9 Å². The molecule has 0 aromatic heterocycles. The molecule has 8 nitrogen and oxygen atoms in total. The molecule has 0 saturated carbocycles. The highest BCUT2D eigenvalue weighted by Crippen LogP contribution is 2.18. The van der Waals surface area contributed by atoms with E-state index in [2.05, 4.69) is 10.1 Å². The number of esters is 1. The molecule has 0 radical (unpaired) electrons. The van der Waals surface area contributed by atoms with Crippen LogP contribution in [-0.2, 0) is 11.3 Å². The number of nitrogens with zero attached hydrogens (tertiary/aromatic N) is 2. The molecule has 0 aliphatic heterocycles. The van der Waals surface area contributed by atoms with Crippen molar-refractivity contribution in [2.75, 3.05) is 7.11 Å². The summed E-state index contributed by atoms with van der Waals surface area (Å²) < 4.78 is 4.54. The number of carbonyl (C=O) groups excluding carboxylic acids is 2. The van der Waals surface area contributed by atoms with Gasteiger partial charge in [-0.25, -0.2) is 4.79 Å². The van der Waals surface area contributed by atoms with Gasteiger partial charge in [0.1, 0.15) is 0 Å². The van der Waals surface area contributed by atoms with Crippen LogP contribution in [0.5, 0.6) is 0 Å². The van der Waals surface area contributed by atoms with Crippen molar-refractivity contribution in [1.82, 2.24) is 5.32 Å². The molecule has 0 unspecified atom stereocenters. The van der Waals surface area contributed by atoms with Crippen LogP contribution < -0.4 is 5.32 Å². The molecular weight excluding hydrogens is 326 g/mol. The van der Waals surface area contributed by atoms with Gasteiger partial charge >= 0.3 is 5.97 Å². The predicted molar refractivity (Wildman–Crippen MR) is 86.8 cm³/mol. The highest BCUT2D eigenvalue weighted by atomic mass is 16.6. The summed E-state index contributed by atoms with van der Waals surface area (Å²) in [6.07, 6.45) is 0. The Balaban J connectivity index is 2.19. The summed E-state index contributed by atoms with van der Waals surface area (Å²) >= 11 is 0. The molecule has 0 aliphatic carbocycles. The highest BCUT2D eigenvalue weighted by Gasteiger charge is 2.18. The number of methoxy groups -OCH3 is 1. The summed E-state index contributed by atoms with van der Waals surface area (Å²) in [5, 5.41) is 22.3. The van der Waals surface area contributed by atoms with E-state index in [1.165, 1.54) is 6.07 Å². The molecule has 1 N–H and O–H groups in total. The quantitative estimate of drug-likeness (QED) is 0.506. The molecular formula is C17H13N3O5. The fraction of sp³-hybridized carbons (Fsp3) is 0.118. The molecule has 0 fully saturated rings. The van der Waals surface area contributed by atoms with Crippen LogP contribution in [0.1, 0.15) is 31.8 Å². The topological polar surface area (TPSA) is 122 Å². The van der Waals surface area contributed by atoms with E-state index in [0.717, 1.165) is 24.8 Å². The zero-order valence-corrected chi connectivity index (χ0v) is 13.2. The minimum atomic E-state index is -0.773. The van der Waals surface area contributed by atoms with Crippen molar-refractivity contribution in [3.63, 3.8) is 0 Å². The van der Waals surface area contributed by atoms with Gasteiger partial charge in [-0.05, 0) is 23.8 Å². The Morgan fingerprint density at radius 1 is 1.20 bits per heavy atom. The van der Waals surface area contributed by atoms with Crippen molar-refractivity contribution < 1.29 is 19.2 Å². The van der Waals surface area contributed by atoms with Crippen LogP contribution in [0.15, 0.2) is 42.5 Å². The molecule has 0 atom stereocenters. The molecule has 25 heavy (non-hydrogen) atoms. The van der Waals surface area contributed by atoms with E-state index < -0.39 is 16.8 Å². The largest absolute Gasteiger partial charge is 0.465 e. The van der Waals surface area contributed by atoms with Crippen LogP contribution in [-0.4, -0.2) is 23.9 Å². The van der Waals surface area contributed by atoms with E-state index in [1.54, 1.807) is 24.3 Å². The van der Waals surface area contributed by atoms with Crippen molar-refractivity contribution >= 4 is 17.6 Å². The lowest BCUT2D eigenvalue weighted by molar-refractivity contribution is -0.384. The lowest BCUT2D eigenvalue weighted by atomic mass is 10.1. The lowest BCUT2D eigenvalue weighted by Crippen LogP contribution is -2.23. The first-order valence-electron chi connectivity index (χ1n) is 7.09. The number of carbonyl (C=O) groups is 2. The number of rotatable bonds is 5. The number of amides is 1. The Kier molecular flexibility index (Phi) is 5.43. The first kappa shape index (κ1) is 17.6. The third kappa shape index (κ3) is 4.39. The Labute approximate surface area is 142 Å². The maximum absolute atomic E-state index is 12.2. The van der Waals surface area contributed by atoms with Gasteiger partial charge in [0.15, 0.2) is 0 Å². The summed E-state index contributed by atoms with van der Waals surface area (Å²) in [6, 6.07) is 12.0. The zero-order chi connectivity index (χ0) is 18.4. The minimum absolute atomic E-state index is 0.0248. The maximum atomic E-state index is 12.2. The van der Waals surface area contributed by atoms with Gasteiger partial charge in [0, 0.05) is 24.2 Å². The average molecular weight is 339 g/mol. The highest BCUT2D eigenvalue weighted by molar-refractivity contribution is 5.98. The third-order valence-corrected chi connectivity index (χ3v) is 3.35. The van der Waals surface area contributed by atoms with Crippen molar-refractivity contribution in [1.29, 1.82) is 5.26 Å². The monoisotopic (exact) mass is 339 g/mol. The second-order valence-electron chi connectivity index (χ2n) is 5.01. The Morgan fingerprint density at radius 2 is 1.84 bits per heavy atom. The van der Waals surface area contributed by atoms with Crippen LogP contribution in [0.4, 0.5) is 5.69 Å². The predicted octanol–water partition coefficient (Wildman–Crippen LogP) is 2.18. The number of benzene rings is 2. The van der Waals surface area contributed by atoms with Gasteiger partial charge in [-0.2, -0.15) is 5.26 Å². The van der Waals surface area contributed by atoms with Gasteiger partial charge in [0.2, 0.25) is 0 Å². The van der Waals surface area contributed by atoms with E-state index in [-0.39, 0.29) is 23.4 Å². The molecule has 0 bridgehead atoms. The van der Waals surface area contributed by atoms with Gasteiger partial charge in [-0.1, -0.05) is 12.1 Å². The number of nitrogens with one attached hydrogen (secondary N) is 1. The fourth-order valence-corrected chi connectivity index (χ4v) is 2.06. The Hall–Kier alpha value is -3.73. The first-order valence-corrected chi connectivity index (χ1v) is 7.09. The molecule has 2 rings (SSSR count). The molecule has 2 aromatic carbocycles. The number of nitriles is 1. The van der Waals surface area contributed by atoms with Crippen LogP contribution in [0.2, 0.25) is 0 Å². The number of ether oxygens (including phenoxy) is 1. The summed E-state index contributed by atoms with van der Waals surface area (Å²) in [7, 11) is 1.14. The van der Waals surface area contributed by atoms with E-state index in [1.807, 2.05) is 6.07 Å². The van der Waals surface area contributed by atoms with Crippen LogP contribution in [0.3, 0.4) is 0 Å². The van der Waals surface area contributed by atoms with Crippen molar-refractivity contribution in [3.8, 4) is 6.07 Å². The second-order valence-corrected chi connectivity index (χ2v) is 5.01. The first-order chi connectivity index (χ1) is 11.9. The minimum Gasteiger partial charge on any atom is -0.465 e. The summed E-state index contributed by atoms with van der Waals surface area (Å²) in [4.78, 5) is 34.1.